The second-order valence-electron chi connectivity index (χ2n) is 7.15. The van der Waals surface area contributed by atoms with Gasteiger partial charge in [-0.3, -0.25) is 4.79 Å². The quantitative estimate of drug-likeness (QED) is 0.885. The summed E-state index contributed by atoms with van der Waals surface area (Å²) in [7, 11) is 0. The molecule has 1 saturated heterocycles. The Morgan fingerprint density at radius 3 is 2.76 bits per heavy atom. The van der Waals surface area contributed by atoms with E-state index in [-0.39, 0.29) is 17.4 Å². The van der Waals surface area contributed by atoms with Gasteiger partial charge in [-0.05, 0) is 50.5 Å². The highest BCUT2D eigenvalue weighted by molar-refractivity contribution is 5.96. The Bertz CT molecular complexity index is 655. The number of amides is 3. The molecule has 0 radical (unpaired) electrons. The van der Waals surface area contributed by atoms with Crippen LogP contribution in [-0.4, -0.2) is 49.7 Å². The Hall–Kier alpha value is -2.08. The summed E-state index contributed by atoms with van der Waals surface area (Å²) in [5.74, 6) is -0.0972. The van der Waals surface area contributed by atoms with E-state index >= 15 is 0 Å². The van der Waals surface area contributed by atoms with Gasteiger partial charge in [-0.1, -0.05) is 6.42 Å². The van der Waals surface area contributed by atoms with Crippen molar-refractivity contribution >= 4 is 17.6 Å². The maximum absolute atomic E-state index is 12.7. The molecule has 25 heavy (non-hydrogen) atoms. The number of nitrogens with one attached hydrogen (secondary N) is 2. The zero-order valence-electron chi connectivity index (χ0n) is 15.1. The second-order valence-corrected chi connectivity index (χ2v) is 7.15. The van der Waals surface area contributed by atoms with Crippen molar-refractivity contribution < 1.29 is 14.3 Å². The molecule has 2 fully saturated rings. The van der Waals surface area contributed by atoms with E-state index in [1.807, 2.05) is 18.7 Å². The molecule has 1 saturated carbocycles. The Morgan fingerprint density at radius 2 is 2.12 bits per heavy atom. The van der Waals surface area contributed by atoms with Crippen LogP contribution in [0, 0.1) is 12.3 Å². The molecular formula is C19H27N3O3. The lowest BCUT2D eigenvalue weighted by atomic mass is 9.69. The minimum absolute atomic E-state index is 0.0920. The molecule has 6 nitrogen and oxygen atoms in total. The zero-order chi connectivity index (χ0) is 17.9. The number of ether oxygens (including phenoxy) is 1. The molecular weight excluding hydrogens is 318 g/mol. The normalized spacial score (nSPS) is 19.0. The third-order valence-electron chi connectivity index (χ3n) is 5.21. The van der Waals surface area contributed by atoms with E-state index in [9.17, 15) is 9.59 Å². The zero-order valence-corrected chi connectivity index (χ0v) is 15.1. The average molecular weight is 345 g/mol. The molecule has 0 unspecified atom stereocenters. The molecule has 136 valence electrons. The third-order valence-corrected chi connectivity index (χ3v) is 5.21. The largest absolute Gasteiger partial charge is 0.379 e. The molecule has 0 aromatic heterocycles. The van der Waals surface area contributed by atoms with Gasteiger partial charge in [0, 0.05) is 36.3 Å². The predicted octanol–water partition coefficient (Wildman–Crippen LogP) is 2.78. The molecule has 1 aromatic carbocycles. The van der Waals surface area contributed by atoms with Crippen molar-refractivity contribution in [2.45, 2.75) is 33.1 Å². The van der Waals surface area contributed by atoms with E-state index in [0.717, 1.165) is 37.2 Å². The average Bonchev–Trinajstić information content (AvgIpc) is 2.80. The van der Waals surface area contributed by atoms with Gasteiger partial charge in [0.1, 0.15) is 0 Å². The molecule has 3 amide bonds. The van der Waals surface area contributed by atoms with Gasteiger partial charge in [-0.25, -0.2) is 4.79 Å². The van der Waals surface area contributed by atoms with Crippen molar-refractivity contribution in [2.75, 3.05) is 38.2 Å². The minimum Gasteiger partial charge on any atom is -0.379 e. The number of benzene rings is 1. The van der Waals surface area contributed by atoms with E-state index in [2.05, 4.69) is 10.6 Å². The van der Waals surface area contributed by atoms with Crippen molar-refractivity contribution in [1.82, 2.24) is 10.2 Å². The molecule has 2 aliphatic rings. The Kier molecular flexibility index (Phi) is 5.27. The van der Waals surface area contributed by atoms with Gasteiger partial charge < -0.3 is 20.3 Å². The van der Waals surface area contributed by atoms with Crippen molar-refractivity contribution in [3.63, 3.8) is 0 Å². The molecule has 2 N–H and O–H groups in total. The SMILES string of the molecule is CCNC(=O)c1ccc(NC(=O)N2CCOCC3(CCC3)C2)c(C)c1. The highest BCUT2D eigenvalue weighted by Crippen LogP contribution is 2.42. The van der Waals surface area contributed by atoms with E-state index in [0.29, 0.717) is 25.3 Å². The van der Waals surface area contributed by atoms with Gasteiger partial charge in [-0.15, -0.1) is 0 Å². The van der Waals surface area contributed by atoms with Crippen LogP contribution in [0.5, 0.6) is 0 Å². The first-order valence-electron chi connectivity index (χ1n) is 9.05. The van der Waals surface area contributed by atoms with E-state index in [1.165, 1.54) is 6.42 Å². The van der Waals surface area contributed by atoms with Crippen LogP contribution < -0.4 is 10.6 Å². The third kappa shape index (κ3) is 3.95. The highest BCUT2D eigenvalue weighted by Gasteiger charge is 2.41. The first kappa shape index (κ1) is 17.7. The summed E-state index contributed by atoms with van der Waals surface area (Å²) in [6.45, 7) is 7.10. The number of anilines is 1. The molecule has 3 rings (SSSR count). The summed E-state index contributed by atoms with van der Waals surface area (Å²) < 4.78 is 5.71. The summed E-state index contributed by atoms with van der Waals surface area (Å²) >= 11 is 0. The van der Waals surface area contributed by atoms with Gasteiger partial charge in [-0.2, -0.15) is 0 Å². The number of aryl methyl sites for hydroxylation is 1. The highest BCUT2D eigenvalue weighted by atomic mass is 16.5. The fourth-order valence-corrected chi connectivity index (χ4v) is 3.55. The summed E-state index contributed by atoms with van der Waals surface area (Å²) in [6, 6.07) is 5.25. The molecule has 0 bridgehead atoms. The van der Waals surface area contributed by atoms with Crippen LogP contribution in [0.1, 0.15) is 42.1 Å². The van der Waals surface area contributed by atoms with Crippen LogP contribution in [0.3, 0.4) is 0 Å². The van der Waals surface area contributed by atoms with Crippen LogP contribution in [0.25, 0.3) is 0 Å². The topological polar surface area (TPSA) is 70.7 Å². The lowest BCUT2D eigenvalue weighted by Gasteiger charge is -2.42. The molecule has 1 spiro atoms. The fourth-order valence-electron chi connectivity index (χ4n) is 3.55. The van der Waals surface area contributed by atoms with E-state index in [1.54, 1.807) is 18.2 Å². The van der Waals surface area contributed by atoms with Gasteiger partial charge >= 0.3 is 6.03 Å². The molecule has 6 heteroatoms. The lowest BCUT2D eigenvalue weighted by Crippen LogP contribution is -2.46. The Morgan fingerprint density at radius 1 is 1.32 bits per heavy atom. The van der Waals surface area contributed by atoms with Gasteiger partial charge in [0.25, 0.3) is 5.91 Å². The maximum atomic E-state index is 12.7. The Labute approximate surface area is 148 Å². The standard InChI is InChI=1S/C19H27N3O3/c1-3-20-17(23)15-5-6-16(14(2)11-15)21-18(24)22-9-10-25-13-19(12-22)7-4-8-19/h5-6,11H,3-4,7-10,12-13H2,1-2H3,(H,20,23)(H,21,24). The molecule has 1 aliphatic heterocycles. The van der Waals surface area contributed by atoms with Crippen LogP contribution in [0.15, 0.2) is 18.2 Å². The molecule has 0 atom stereocenters. The number of rotatable bonds is 3. The van der Waals surface area contributed by atoms with E-state index in [4.69, 9.17) is 4.74 Å². The number of urea groups is 1. The molecule has 1 heterocycles. The van der Waals surface area contributed by atoms with Gasteiger partial charge in [0.2, 0.25) is 0 Å². The van der Waals surface area contributed by atoms with Crippen molar-refractivity contribution in [2.24, 2.45) is 5.41 Å². The van der Waals surface area contributed by atoms with Crippen LogP contribution in [0.2, 0.25) is 0 Å². The smallest absolute Gasteiger partial charge is 0.321 e. The number of carbonyl (C=O) groups is 2. The van der Waals surface area contributed by atoms with Crippen LogP contribution in [0.4, 0.5) is 10.5 Å². The first-order chi connectivity index (χ1) is 12.0. The van der Waals surface area contributed by atoms with Crippen molar-refractivity contribution in [1.29, 1.82) is 0 Å². The summed E-state index contributed by atoms with van der Waals surface area (Å²) in [5.41, 5.74) is 2.38. The fraction of sp³-hybridized carbons (Fsp3) is 0.579. The maximum Gasteiger partial charge on any atom is 0.321 e. The first-order valence-corrected chi connectivity index (χ1v) is 9.05. The van der Waals surface area contributed by atoms with Crippen LogP contribution >= 0.6 is 0 Å². The lowest BCUT2D eigenvalue weighted by molar-refractivity contribution is 0.0130. The summed E-state index contributed by atoms with van der Waals surface area (Å²) in [5, 5.41) is 5.77. The number of carbonyl (C=O) groups excluding carboxylic acids is 2. The molecule has 1 aromatic rings. The van der Waals surface area contributed by atoms with Crippen LogP contribution in [-0.2, 0) is 4.74 Å². The second kappa shape index (κ2) is 7.44. The minimum atomic E-state index is -0.0972. The predicted molar refractivity (Wildman–Crippen MR) is 96.9 cm³/mol. The number of hydrogen-bond donors (Lipinski definition) is 2. The van der Waals surface area contributed by atoms with Crippen molar-refractivity contribution in [3.05, 3.63) is 29.3 Å². The van der Waals surface area contributed by atoms with Gasteiger partial charge in [0.05, 0.1) is 13.2 Å². The molecule has 1 aliphatic carbocycles. The number of hydrogen-bond acceptors (Lipinski definition) is 3. The van der Waals surface area contributed by atoms with Crippen molar-refractivity contribution in [3.8, 4) is 0 Å². The Balaban J connectivity index is 1.66. The summed E-state index contributed by atoms with van der Waals surface area (Å²) in [4.78, 5) is 26.5. The number of nitrogens with zero attached hydrogens (tertiary/aromatic N) is 1. The van der Waals surface area contributed by atoms with E-state index < -0.39 is 0 Å². The summed E-state index contributed by atoms with van der Waals surface area (Å²) in [6.07, 6.45) is 3.49. The monoisotopic (exact) mass is 345 g/mol. The van der Waals surface area contributed by atoms with Gasteiger partial charge in [0.15, 0.2) is 0 Å².